The van der Waals surface area contributed by atoms with Crippen molar-refractivity contribution in [2.45, 2.75) is 32.5 Å². The number of hydrogen-bond donors (Lipinski definition) is 1. The Balaban J connectivity index is 1.99. The molecule has 0 bridgehead atoms. The molecule has 22 heavy (non-hydrogen) atoms. The highest BCUT2D eigenvalue weighted by Gasteiger charge is 2.23. The molecule has 0 saturated carbocycles. The lowest BCUT2D eigenvalue weighted by molar-refractivity contribution is -0.166. The first-order valence-corrected chi connectivity index (χ1v) is 7.21. The normalized spacial score (nSPS) is 13.0. The molecule has 0 aliphatic heterocycles. The summed E-state index contributed by atoms with van der Waals surface area (Å²) in [6, 6.07) is 7.08. The van der Waals surface area contributed by atoms with Crippen LogP contribution in [-0.4, -0.2) is 34.4 Å². The van der Waals surface area contributed by atoms with Gasteiger partial charge in [-0.05, 0) is 44.4 Å². The van der Waals surface area contributed by atoms with Gasteiger partial charge in [-0.25, -0.2) is 9.78 Å². The maximum Gasteiger partial charge on any atom is 0.339 e. The molecule has 0 aliphatic carbocycles. The summed E-state index contributed by atoms with van der Waals surface area (Å²) in [6.45, 7) is 5.03. The van der Waals surface area contributed by atoms with Crippen molar-refractivity contribution in [2.24, 2.45) is 0 Å². The number of esters is 1. The largest absolute Gasteiger partial charge is 0.490 e. The number of halogens is 1. The highest BCUT2D eigenvalue weighted by molar-refractivity contribution is 6.30. The molecule has 0 saturated heterocycles. The molecule has 2 aromatic rings. The number of hydrogen-bond acceptors (Lipinski definition) is 5. The van der Waals surface area contributed by atoms with Crippen molar-refractivity contribution in [1.29, 1.82) is 0 Å². The fourth-order valence-electron chi connectivity index (χ4n) is 1.80. The van der Waals surface area contributed by atoms with Crippen LogP contribution in [0.2, 0.25) is 5.15 Å². The van der Waals surface area contributed by atoms with Gasteiger partial charge in [0.2, 0.25) is 0 Å². The third kappa shape index (κ3) is 4.58. The molecule has 118 valence electrons. The van der Waals surface area contributed by atoms with Gasteiger partial charge in [-0.1, -0.05) is 17.7 Å². The number of ether oxygens (including phenoxy) is 2. The van der Waals surface area contributed by atoms with Gasteiger partial charge in [0, 0.05) is 11.6 Å². The summed E-state index contributed by atoms with van der Waals surface area (Å²) in [5.74, 6) is -0.180. The maximum absolute atomic E-state index is 11.7. The summed E-state index contributed by atoms with van der Waals surface area (Å²) < 4.78 is 10.5. The molecule has 1 heterocycles. The molecule has 5 nitrogen and oxygen atoms in total. The number of aliphatic hydroxyl groups is 1. The quantitative estimate of drug-likeness (QED) is 0.692. The van der Waals surface area contributed by atoms with E-state index in [1.54, 1.807) is 45.2 Å². The first-order chi connectivity index (χ1) is 10.2. The van der Waals surface area contributed by atoms with Gasteiger partial charge in [-0.15, -0.1) is 0 Å². The van der Waals surface area contributed by atoms with Gasteiger partial charge in [0.05, 0.1) is 0 Å². The Morgan fingerprint density at radius 2 is 2.05 bits per heavy atom. The van der Waals surface area contributed by atoms with E-state index in [4.69, 9.17) is 21.1 Å². The smallest absolute Gasteiger partial charge is 0.339 e. The lowest BCUT2D eigenvalue weighted by atomic mass is 10.2. The molecule has 6 heteroatoms. The monoisotopic (exact) mass is 323 g/mol. The van der Waals surface area contributed by atoms with Crippen molar-refractivity contribution in [3.8, 4) is 5.75 Å². The van der Waals surface area contributed by atoms with Crippen molar-refractivity contribution < 1.29 is 19.4 Å². The van der Waals surface area contributed by atoms with E-state index in [1.165, 1.54) is 0 Å². The lowest BCUT2D eigenvalue weighted by Gasteiger charge is -2.21. The van der Waals surface area contributed by atoms with Gasteiger partial charge >= 0.3 is 5.97 Å². The number of carbonyl (C=O) groups is 1. The van der Waals surface area contributed by atoms with Gasteiger partial charge in [0.15, 0.2) is 6.10 Å². The average Bonchev–Trinajstić information content (AvgIpc) is 2.42. The van der Waals surface area contributed by atoms with Crippen molar-refractivity contribution in [3.63, 3.8) is 0 Å². The molecule has 1 aromatic heterocycles. The molecule has 0 fully saturated rings. The second-order valence-corrected chi connectivity index (χ2v) is 6.26. The molecule has 0 aliphatic rings. The number of rotatable bonds is 4. The minimum absolute atomic E-state index is 0.179. The Morgan fingerprint density at radius 1 is 1.32 bits per heavy atom. The zero-order valence-corrected chi connectivity index (χ0v) is 13.4. The van der Waals surface area contributed by atoms with Crippen LogP contribution in [0.25, 0.3) is 10.8 Å². The summed E-state index contributed by atoms with van der Waals surface area (Å²) in [7, 11) is 0. The van der Waals surface area contributed by atoms with E-state index >= 15 is 0 Å². The van der Waals surface area contributed by atoms with E-state index in [0.29, 0.717) is 10.9 Å². The summed E-state index contributed by atoms with van der Waals surface area (Å²) in [4.78, 5) is 15.7. The van der Waals surface area contributed by atoms with Gasteiger partial charge in [-0.2, -0.15) is 0 Å². The van der Waals surface area contributed by atoms with E-state index in [2.05, 4.69) is 4.98 Å². The number of carbonyl (C=O) groups excluding carboxylic acids is 1. The Hall–Kier alpha value is -1.85. The van der Waals surface area contributed by atoms with Crippen LogP contribution < -0.4 is 4.74 Å². The summed E-state index contributed by atoms with van der Waals surface area (Å²) >= 11 is 5.82. The number of nitrogens with zero attached hydrogens (tertiary/aromatic N) is 1. The predicted octanol–water partition coefficient (Wildman–Crippen LogP) is 2.97. The van der Waals surface area contributed by atoms with Crippen LogP contribution in [0.15, 0.2) is 30.5 Å². The second kappa shape index (κ2) is 6.50. The number of benzene rings is 1. The molecular weight excluding hydrogens is 306 g/mol. The third-order valence-corrected chi connectivity index (χ3v) is 2.95. The van der Waals surface area contributed by atoms with E-state index in [1.807, 2.05) is 6.07 Å². The van der Waals surface area contributed by atoms with E-state index < -0.39 is 17.7 Å². The van der Waals surface area contributed by atoms with Crippen molar-refractivity contribution >= 4 is 28.3 Å². The topological polar surface area (TPSA) is 68.7 Å². The molecular formula is C16H18ClNO4. The molecule has 2 rings (SSSR count). The van der Waals surface area contributed by atoms with Gasteiger partial charge < -0.3 is 14.6 Å². The SMILES string of the molecule is CC(C)(C)OC(=O)C(O)COc1ccc2cc(Cl)ncc2c1. The third-order valence-electron chi connectivity index (χ3n) is 2.75. The molecule has 1 aromatic carbocycles. The van der Waals surface area contributed by atoms with Crippen molar-refractivity contribution in [1.82, 2.24) is 4.98 Å². The Labute approximate surface area is 133 Å². The molecule has 0 spiro atoms. The van der Waals surface area contributed by atoms with Crippen molar-refractivity contribution in [2.75, 3.05) is 6.61 Å². The molecule has 0 amide bonds. The average molecular weight is 324 g/mol. The standard InChI is InChI=1S/C16H18ClNO4/c1-16(2,3)22-15(20)13(19)9-21-12-5-4-10-7-14(17)18-8-11(10)6-12/h4-8,13,19H,9H2,1-3H3. The highest BCUT2D eigenvalue weighted by Crippen LogP contribution is 2.22. The van der Waals surface area contributed by atoms with Crippen LogP contribution in [0.5, 0.6) is 5.75 Å². The van der Waals surface area contributed by atoms with Crippen LogP contribution in [0.3, 0.4) is 0 Å². The fraction of sp³-hybridized carbons (Fsp3) is 0.375. The Morgan fingerprint density at radius 3 is 2.73 bits per heavy atom. The number of fused-ring (bicyclic) bond motifs is 1. The lowest BCUT2D eigenvalue weighted by Crippen LogP contribution is -2.35. The molecule has 1 unspecified atom stereocenters. The summed E-state index contributed by atoms with van der Waals surface area (Å²) in [5.41, 5.74) is -0.647. The van der Waals surface area contributed by atoms with Crippen LogP contribution >= 0.6 is 11.6 Å². The van der Waals surface area contributed by atoms with E-state index in [-0.39, 0.29) is 6.61 Å². The highest BCUT2D eigenvalue weighted by atomic mass is 35.5. The van der Waals surface area contributed by atoms with E-state index in [9.17, 15) is 9.90 Å². The summed E-state index contributed by atoms with van der Waals surface area (Å²) in [5, 5.41) is 12.0. The Bertz CT molecular complexity index is 681. The number of pyridine rings is 1. The first kappa shape index (κ1) is 16.5. The van der Waals surface area contributed by atoms with Crippen LogP contribution in [-0.2, 0) is 9.53 Å². The maximum atomic E-state index is 11.7. The van der Waals surface area contributed by atoms with Gasteiger partial charge in [0.25, 0.3) is 0 Å². The van der Waals surface area contributed by atoms with E-state index in [0.717, 1.165) is 10.8 Å². The van der Waals surface area contributed by atoms with Crippen LogP contribution in [0, 0.1) is 0 Å². The van der Waals surface area contributed by atoms with Gasteiger partial charge in [0.1, 0.15) is 23.1 Å². The minimum Gasteiger partial charge on any atom is -0.490 e. The zero-order valence-electron chi connectivity index (χ0n) is 12.7. The molecule has 0 radical (unpaired) electrons. The summed E-state index contributed by atoms with van der Waals surface area (Å²) in [6.07, 6.45) is 0.299. The first-order valence-electron chi connectivity index (χ1n) is 6.84. The molecule has 1 atom stereocenters. The van der Waals surface area contributed by atoms with Crippen LogP contribution in [0.1, 0.15) is 20.8 Å². The zero-order chi connectivity index (χ0) is 16.3. The fourth-order valence-corrected chi connectivity index (χ4v) is 1.96. The predicted molar refractivity (Wildman–Crippen MR) is 84.1 cm³/mol. The molecule has 1 N–H and O–H groups in total. The number of aromatic nitrogens is 1. The Kier molecular flexibility index (Phi) is 4.88. The minimum atomic E-state index is -1.33. The number of aliphatic hydroxyl groups excluding tert-OH is 1. The second-order valence-electron chi connectivity index (χ2n) is 5.88. The van der Waals surface area contributed by atoms with Crippen molar-refractivity contribution in [3.05, 3.63) is 35.6 Å². The van der Waals surface area contributed by atoms with Gasteiger partial charge in [-0.3, -0.25) is 0 Å². The van der Waals surface area contributed by atoms with Crippen LogP contribution in [0.4, 0.5) is 0 Å².